The van der Waals surface area contributed by atoms with Gasteiger partial charge < -0.3 is 9.55 Å². The number of unbranched alkanes of at least 4 members (excludes halogenated alkanes) is 2. The maximum atomic E-state index is 13.2. The first-order valence-electron chi connectivity index (χ1n) is 10.5. The summed E-state index contributed by atoms with van der Waals surface area (Å²) in [5, 5.41) is 12.9. The van der Waals surface area contributed by atoms with Crippen LogP contribution in [-0.2, 0) is 13.1 Å². The molecule has 0 atom stereocenters. The predicted molar refractivity (Wildman–Crippen MR) is 118 cm³/mol. The number of hydrogen-bond acceptors (Lipinski definition) is 5. The van der Waals surface area contributed by atoms with Crippen molar-refractivity contribution in [3.63, 3.8) is 0 Å². The van der Waals surface area contributed by atoms with Crippen LogP contribution in [0.5, 0.6) is 0 Å². The Kier molecular flexibility index (Phi) is 4.85. The number of aryl methyl sites for hydroxylation is 2. The summed E-state index contributed by atoms with van der Waals surface area (Å²) in [6.45, 7) is 5.39. The van der Waals surface area contributed by atoms with Crippen LogP contribution >= 0.6 is 0 Å². The molecule has 5 rings (SSSR count). The molecule has 0 amide bonds. The SMILES string of the molecule is CCCCCn1c2cc(-c3cnn(Cc4cccnc4)c3)[nH]c2c(=O)n2c(C)nnc12. The van der Waals surface area contributed by atoms with Gasteiger partial charge in [-0.05, 0) is 31.0 Å². The molecule has 0 saturated carbocycles. The van der Waals surface area contributed by atoms with E-state index in [9.17, 15) is 4.79 Å². The highest BCUT2D eigenvalue weighted by Crippen LogP contribution is 2.24. The number of aromatic amines is 1. The van der Waals surface area contributed by atoms with Gasteiger partial charge in [0, 0.05) is 30.7 Å². The highest BCUT2D eigenvalue weighted by Gasteiger charge is 2.18. The van der Waals surface area contributed by atoms with Crippen LogP contribution in [0.1, 0.15) is 37.6 Å². The second kappa shape index (κ2) is 7.82. The fraction of sp³-hybridized carbons (Fsp3) is 0.318. The summed E-state index contributed by atoms with van der Waals surface area (Å²) in [5.41, 5.74) is 4.12. The van der Waals surface area contributed by atoms with Gasteiger partial charge in [-0.3, -0.25) is 14.5 Å². The molecule has 0 aliphatic heterocycles. The molecule has 0 bridgehead atoms. The van der Waals surface area contributed by atoms with Gasteiger partial charge in [0.2, 0.25) is 5.78 Å². The molecule has 9 heteroatoms. The molecule has 158 valence electrons. The molecule has 31 heavy (non-hydrogen) atoms. The Hall–Kier alpha value is -3.75. The predicted octanol–water partition coefficient (Wildman–Crippen LogP) is 3.18. The Balaban J connectivity index is 1.58. The van der Waals surface area contributed by atoms with Crippen LogP contribution in [0.15, 0.2) is 47.8 Å². The third-order valence-electron chi connectivity index (χ3n) is 5.55. The first-order valence-corrected chi connectivity index (χ1v) is 10.5. The van der Waals surface area contributed by atoms with Crippen LogP contribution in [0.3, 0.4) is 0 Å². The third kappa shape index (κ3) is 3.41. The molecular weight excluding hydrogens is 392 g/mol. The van der Waals surface area contributed by atoms with Crippen LogP contribution in [0.4, 0.5) is 0 Å². The molecule has 0 spiro atoms. The highest BCUT2D eigenvalue weighted by atomic mass is 16.1. The molecular formula is C22H24N8O. The zero-order valence-electron chi connectivity index (χ0n) is 17.6. The lowest BCUT2D eigenvalue weighted by Crippen LogP contribution is -2.19. The minimum absolute atomic E-state index is 0.131. The van der Waals surface area contributed by atoms with E-state index < -0.39 is 0 Å². The second-order valence-corrected chi connectivity index (χ2v) is 7.78. The molecule has 5 heterocycles. The summed E-state index contributed by atoms with van der Waals surface area (Å²) < 4.78 is 5.54. The van der Waals surface area contributed by atoms with Gasteiger partial charge in [-0.25, -0.2) is 4.40 Å². The van der Waals surface area contributed by atoms with Crippen molar-refractivity contribution in [2.45, 2.75) is 46.2 Å². The van der Waals surface area contributed by atoms with E-state index in [0.29, 0.717) is 23.7 Å². The first-order chi connectivity index (χ1) is 15.2. The average Bonchev–Trinajstić information content (AvgIpc) is 3.50. The van der Waals surface area contributed by atoms with Crippen molar-refractivity contribution >= 4 is 16.8 Å². The maximum Gasteiger partial charge on any atom is 0.284 e. The summed E-state index contributed by atoms with van der Waals surface area (Å²) >= 11 is 0. The maximum absolute atomic E-state index is 13.2. The largest absolute Gasteiger partial charge is 0.349 e. The van der Waals surface area contributed by atoms with Crippen LogP contribution in [-0.4, -0.2) is 38.9 Å². The first kappa shape index (κ1) is 19.2. The van der Waals surface area contributed by atoms with Crippen molar-refractivity contribution in [2.24, 2.45) is 0 Å². The van der Waals surface area contributed by atoms with Gasteiger partial charge in [0.05, 0.1) is 24.0 Å². The van der Waals surface area contributed by atoms with Crippen LogP contribution < -0.4 is 5.56 Å². The van der Waals surface area contributed by atoms with Crippen molar-refractivity contribution in [1.82, 2.24) is 38.9 Å². The number of nitrogens with one attached hydrogen (secondary N) is 1. The number of nitrogens with zero attached hydrogens (tertiary/aromatic N) is 7. The van der Waals surface area contributed by atoms with E-state index in [0.717, 1.165) is 48.1 Å². The summed E-state index contributed by atoms with van der Waals surface area (Å²) in [6.07, 6.45) is 10.6. The second-order valence-electron chi connectivity index (χ2n) is 7.78. The summed E-state index contributed by atoms with van der Waals surface area (Å²) in [4.78, 5) is 20.6. The Labute approximate surface area is 178 Å². The van der Waals surface area contributed by atoms with Crippen molar-refractivity contribution in [1.29, 1.82) is 0 Å². The lowest BCUT2D eigenvalue weighted by molar-refractivity contribution is 0.615. The fourth-order valence-corrected chi connectivity index (χ4v) is 3.97. The Morgan fingerprint density at radius 1 is 1.16 bits per heavy atom. The quantitative estimate of drug-likeness (QED) is 0.411. The third-order valence-corrected chi connectivity index (χ3v) is 5.55. The van der Waals surface area contributed by atoms with Gasteiger partial charge in [-0.2, -0.15) is 5.10 Å². The van der Waals surface area contributed by atoms with Gasteiger partial charge in [-0.15, -0.1) is 10.2 Å². The molecule has 5 aromatic rings. The molecule has 9 nitrogen and oxygen atoms in total. The van der Waals surface area contributed by atoms with E-state index in [2.05, 4.69) is 36.8 Å². The molecule has 0 unspecified atom stereocenters. The fourth-order valence-electron chi connectivity index (χ4n) is 3.97. The minimum atomic E-state index is -0.131. The van der Waals surface area contributed by atoms with Crippen LogP contribution in [0.2, 0.25) is 0 Å². The number of aromatic nitrogens is 8. The van der Waals surface area contributed by atoms with E-state index >= 15 is 0 Å². The monoisotopic (exact) mass is 416 g/mol. The van der Waals surface area contributed by atoms with Crippen LogP contribution in [0, 0.1) is 6.92 Å². The number of rotatable bonds is 7. The Morgan fingerprint density at radius 2 is 2.06 bits per heavy atom. The summed E-state index contributed by atoms with van der Waals surface area (Å²) in [5.74, 6) is 1.18. The van der Waals surface area contributed by atoms with Crippen LogP contribution in [0.25, 0.3) is 28.1 Å². The molecule has 0 fully saturated rings. The van der Waals surface area contributed by atoms with Crippen molar-refractivity contribution in [3.8, 4) is 11.3 Å². The standard InChI is InChI=1S/C22H24N8O/c1-3-4-5-9-29-19-10-18(25-20(19)21(31)30-15(2)26-27-22(29)30)17-12-24-28(14-17)13-16-7-6-8-23-11-16/h6-8,10-12,14,25H,3-5,9,13H2,1-2H3. The molecule has 0 aliphatic carbocycles. The van der Waals surface area contributed by atoms with E-state index in [4.69, 9.17) is 0 Å². The topological polar surface area (TPSA) is 98.7 Å². The molecule has 0 aliphatic rings. The number of fused-ring (bicyclic) bond motifs is 2. The summed E-state index contributed by atoms with van der Waals surface area (Å²) in [6, 6.07) is 5.95. The lowest BCUT2D eigenvalue weighted by Gasteiger charge is -2.09. The van der Waals surface area contributed by atoms with E-state index in [1.54, 1.807) is 17.5 Å². The molecule has 0 aromatic carbocycles. The van der Waals surface area contributed by atoms with Gasteiger partial charge in [-0.1, -0.05) is 25.8 Å². The van der Waals surface area contributed by atoms with E-state index in [1.165, 1.54) is 0 Å². The van der Waals surface area contributed by atoms with Crippen molar-refractivity contribution in [3.05, 3.63) is 64.7 Å². The van der Waals surface area contributed by atoms with Gasteiger partial charge in [0.1, 0.15) is 11.3 Å². The Bertz CT molecular complexity index is 1410. The number of H-pyrrole nitrogens is 1. The molecule has 5 aromatic heterocycles. The van der Waals surface area contributed by atoms with Gasteiger partial charge >= 0.3 is 0 Å². The smallest absolute Gasteiger partial charge is 0.284 e. The van der Waals surface area contributed by atoms with E-state index in [1.807, 2.05) is 41.5 Å². The van der Waals surface area contributed by atoms with E-state index in [-0.39, 0.29) is 5.56 Å². The van der Waals surface area contributed by atoms with Crippen molar-refractivity contribution in [2.75, 3.05) is 0 Å². The molecule has 0 radical (unpaired) electrons. The zero-order chi connectivity index (χ0) is 21.4. The normalized spacial score (nSPS) is 11.7. The lowest BCUT2D eigenvalue weighted by atomic mass is 10.2. The van der Waals surface area contributed by atoms with Gasteiger partial charge in [0.15, 0.2) is 0 Å². The molecule has 0 saturated heterocycles. The van der Waals surface area contributed by atoms with Crippen molar-refractivity contribution < 1.29 is 0 Å². The number of hydrogen-bond donors (Lipinski definition) is 1. The summed E-state index contributed by atoms with van der Waals surface area (Å²) in [7, 11) is 0. The molecule has 1 N–H and O–H groups in total. The highest BCUT2D eigenvalue weighted by molar-refractivity contribution is 5.83. The zero-order valence-corrected chi connectivity index (χ0v) is 17.6. The Morgan fingerprint density at radius 3 is 2.87 bits per heavy atom. The number of pyridine rings is 1. The average molecular weight is 416 g/mol. The minimum Gasteiger partial charge on any atom is -0.349 e. The van der Waals surface area contributed by atoms with Gasteiger partial charge in [0.25, 0.3) is 5.56 Å².